The zero-order valence-corrected chi connectivity index (χ0v) is 15.4. The Labute approximate surface area is 158 Å². The van der Waals surface area contributed by atoms with Gasteiger partial charge in [-0.2, -0.15) is 0 Å². The minimum absolute atomic E-state index is 0.0825. The van der Waals surface area contributed by atoms with E-state index in [1.165, 1.54) is 11.8 Å². The molecule has 6 nitrogen and oxygen atoms in total. The minimum Gasteiger partial charge on any atom is -0.336 e. The van der Waals surface area contributed by atoms with E-state index in [4.69, 9.17) is 0 Å². The van der Waals surface area contributed by atoms with Crippen molar-refractivity contribution in [3.05, 3.63) is 48.5 Å². The number of hydrogen-bond donors (Lipinski definition) is 2. The molecule has 0 unspecified atom stereocenters. The summed E-state index contributed by atoms with van der Waals surface area (Å²) in [6, 6.07) is 15.1. The van der Waals surface area contributed by atoms with Crippen molar-refractivity contribution in [3.8, 4) is 0 Å². The van der Waals surface area contributed by atoms with Crippen LogP contribution >= 0.6 is 23.1 Å². The van der Waals surface area contributed by atoms with Crippen molar-refractivity contribution < 1.29 is 9.59 Å². The molecule has 2 N–H and O–H groups in total. The van der Waals surface area contributed by atoms with Gasteiger partial charge in [0.1, 0.15) is 0 Å². The topological polar surface area (TPSA) is 74.3 Å². The minimum atomic E-state index is -0.0889. The van der Waals surface area contributed by atoms with Gasteiger partial charge in [-0.05, 0) is 36.4 Å². The van der Waals surface area contributed by atoms with E-state index >= 15 is 0 Å². The summed E-state index contributed by atoms with van der Waals surface area (Å²) in [5.74, 6) is 0.219. The highest BCUT2D eigenvalue weighted by Gasteiger charge is 2.20. The third kappa shape index (κ3) is 3.66. The lowest BCUT2D eigenvalue weighted by atomic mass is 10.2. The molecule has 0 atom stereocenters. The first-order chi connectivity index (χ1) is 12.7. The van der Waals surface area contributed by atoms with Crippen molar-refractivity contribution in [2.75, 3.05) is 29.1 Å². The van der Waals surface area contributed by atoms with Gasteiger partial charge in [-0.1, -0.05) is 23.9 Å². The van der Waals surface area contributed by atoms with Crippen LogP contribution in [0.2, 0.25) is 0 Å². The zero-order valence-electron chi connectivity index (χ0n) is 13.8. The van der Waals surface area contributed by atoms with Crippen LogP contribution in [0.1, 0.15) is 0 Å². The van der Waals surface area contributed by atoms with Crippen LogP contribution in [0.4, 0.5) is 16.2 Å². The highest BCUT2D eigenvalue weighted by Crippen LogP contribution is 2.29. The first-order valence-corrected chi connectivity index (χ1v) is 9.93. The Hall–Kier alpha value is -2.58. The molecule has 1 aliphatic rings. The van der Waals surface area contributed by atoms with E-state index in [0.29, 0.717) is 24.5 Å². The number of amides is 3. The maximum absolute atomic E-state index is 12.2. The summed E-state index contributed by atoms with van der Waals surface area (Å²) in [7, 11) is 0. The average molecular weight is 384 g/mol. The van der Waals surface area contributed by atoms with Crippen LogP contribution in [-0.2, 0) is 4.79 Å². The molecule has 1 aromatic heterocycles. The van der Waals surface area contributed by atoms with Crippen LogP contribution < -0.4 is 15.5 Å². The van der Waals surface area contributed by atoms with Crippen molar-refractivity contribution in [2.45, 2.75) is 4.34 Å². The third-order valence-corrected chi connectivity index (χ3v) is 6.10. The summed E-state index contributed by atoms with van der Waals surface area (Å²) in [6.07, 6.45) is 0. The number of fused-ring (bicyclic) bond motifs is 1. The normalized spacial score (nSPS) is 13.8. The highest BCUT2D eigenvalue weighted by molar-refractivity contribution is 8.01. The molecule has 26 heavy (non-hydrogen) atoms. The number of nitrogens with one attached hydrogen (secondary N) is 2. The molecule has 1 saturated heterocycles. The number of urea groups is 1. The third-order valence-electron chi connectivity index (χ3n) is 3.92. The molecular weight excluding hydrogens is 368 g/mol. The first kappa shape index (κ1) is 16.9. The Morgan fingerprint density at radius 3 is 2.77 bits per heavy atom. The lowest BCUT2D eigenvalue weighted by molar-refractivity contribution is -0.113. The molecule has 0 aliphatic carbocycles. The molecular formula is C18H16N4O2S2. The molecule has 1 fully saturated rings. The Balaban J connectivity index is 1.33. The van der Waals surface area contributed by atoms with Gasteiger partial charge in [0.15, 0.2) is 4.34 Å². The number of rotatable bonds is 5. The molecule has 0 spiro atoms. The summed E-state index contributed by atoms with van der Waals surface area (Å²) >= 11 is 3.02. The number of thiazole rings is 1. The number of para-hydroxylation sites is 1. The average Bonchev–Trinajstić information content (AvgIpc) is 3.26. The maximum Gasteiger partial charge on any atom is 0.321 e. The SMILES string of the molecule is O=C(CSc1nc2ccccc2s1)Nc1ccc(N2CCNC2=O)cc1. The van der Waals surface area contributed by atoms with Gasteiger partial charge in [0.05, 0.1) is 16.0 Å². The van der Waals surface area contributed by atoms with Crippen LogP contribution in [0.15, 0.2) is 52.9 Å². The molecule has 3 aromatic rings. The number of benzene rings is 2. The molecule has 132 valence electrons. The molecule has 0 radical (unpaired) electrons. The number of carbonyl (C=O) groups is 2. The second-order valence-electron chi connectivity index (χ2n) is 5.71. The van der Waals surface area contributed by atoms with Gasteiger partial charge in [0.25, 0.3) is 0 Å². The van der Waals surface area contributed by atoms with E-state index in [1.807, 2.05) is 36.4 Å². The number of aromatic nitrogens is 1. The number of hydrogen-bond acceptors (Lipinski definition) is 5. The Morgan fingerprint density at radius 2 is 2.04 bits per heavy atom. The van der Waals surface area contributed by atoms with E-state index in [-0.39, 0.29) is 11.9 Å². The summed E-state index contributed by atoms with van der Waals surface area (Å²) < 4.78 is 2.01. The van der Waals surface area contributed by atoms with E-state index in [2.05, 4.69) is 15.6 Å². The summed E-state index contributed by atoms with van der Waals surface area (Å²) in [6.45, 7) is 1.31. The highest BCUT2D eigenvalue weighted by atomic mass is 32.2. The van der Waals surface area contributed by atoms with Crippen LogP contribution in [0, 0.1) is 0 Å². The molecule has 2 heterocycles. The van der Waals surface area contributed by atoms with Crippen LogP contribution in [0.3, 0.4) is 0 Å². The van der Waals surface area contributed by atoms with Crippen LogP contribution in [0.25, 0.3) is 10.2 Å². The van der Waals surface area contributed by atoms with Crippen molar-refractivity contribution in [1.82, 2.24) is 10.3 Å². The van der Waals surface area contributed by atoms with Gasteiger partial charge < -0.3 is 10.6 Å². The van der Waals surface area contributed by atoms with Gasteiger partial charge >= 0.3 is 6.03 Å². The Morgan fingerprint density at radius 1 is 1.23 bits per heavy atom. The predicted molar refractivity (Wildman–Crippen MR) is 106 cm³/mol. The summed E-state index contributed by atoms with van der Waals surface area (Å²) in [4.78, 5) is 30.0. The number of thioether (sulfide) groups is 1. The zero-order chi connectivity index (χ0) is 17.9. The van der Waals surface area contributed by atoms with Gasteiger partial charge in [-0.25, -0.2) is 9.78 Å². The van der Waals surface area contributed by atoms with E-state index in [1.54, 1.807) is 28.4 Å². The smallest absolute Gasteiger partial charge is 0.321 e. The largest absolute Gasteiger partial charge is 0.336 e. The lowest BCUT2D eigenvalue weighted by Crippen LogP contribution is -2.27. The van der Waals surface area contributed by atoms with Gasteiger partial charge in [0, 0.05) is 24.5 Å². The van der Waals surface area contributed by atoms with Crippen molar-refractivity contribution in [3.63, 3.8) is 0 Å². The standard InChI is InChI=1S/C18H16N4O2S2/c23-16(11-25-18-21-14-3-1-2-4-15(14)26-18)20-12-5-7-13(8-6-12)22-10-9-19-17(22)24/h1-8H,9-11H2,(H,19,24)(H,20,23). The fourth-order valence-electron chi connectivity index (χ4n) is 2.68. The predicted octanol–water partition coefficient (Wildman–Crippen LogP) is 3.56. The van der Waals surface area contributed by atoms with Crippen LogP contribution in [-0.4, -0.2) is 35.8 Å². The summed E-state index contributed by atoms with van der Waals surface area (Å²) in [5.41, 5.74) is 2.49. The fraction of sp³-hybridized carbons (Fsp3) is 0.167. The van der Waals surface area contributed by atoms with E-state index < -0.39 is 0 Å². The number of nitrogens with zero attached hydrogens (tertiary/aromatic N) is 2. The molecule has 1 aliphatic heterocycles. The summed E-state index contributed by atoms with van der Waals surface area (Å²) in [5, 5.41) is 5.64. The second kappa shape index (κ2) is 7.35. The van der Waals surface area contributed by atoms with Crippen molar-refractivity contribution in [2.24, 2.45) is 0 Å². The molecule has 0 bridgehead atoms. The van der Waals surface area contributed by atoms with E-state index in [9.17, 15) is 9.59 Å². The monoisotopic (exact) mass is 384 g/mol. The van der Waals surface area contributed by atoms with Gasteiger partial charge in [0.2, 0.25) is 5.91 Å². The second-order valence-corrected chi connectivity index (χ2v) is 7.97. The Bertz CT molecular complexity index is 922. The molecule has 3 amide bonds. The molecule has 8 heteroatoms. The van der Waals surface area contributed by atoms with Crippen molar-refractivity contribution >= 4 is 56.6 Å². The van der Waals surface area contributed by atoms with Crippen LogP contribution in [0.5, 0.6) is 0 Å². The van der Waals surface area contributed by atoms with Gasteiger partial charge in [-0.15, -0.1) is 11.3 Å². The quantitative estimate of drug-likeness (QED) is 0.660. The lowest BCUT2D eigenvalue weighted by Gasteiger charge is -2.14. The van der Waals surface area contributed by atoms with Gasteiger partial charge in [-0.3, -0.25) is 9.69 Å². The maximum atomic E-state index is 12.2. The number of anilines is 2. The molecule has 2 aromatic carbocycles. The number of carbonyl (C=O) groups excluding carboxylic acids is 2. The molecule has 0 saturated carbocycles. The fourth-order valence-corrected chi connectivity index (χ4v) is 4.55. The van der Waals surface area contributed by atoms with Crippen molar-refractivity contribution in [1.29, 1.82) is 0 Å². The molecule has 4 rings (SSSR count). The Kier molecular flexibility index (Phi) is 4.77. The van der Waals surface area contributed by atoms with E-state index in [0.717, 1.165) is 20.2 Å². The first-order valence-electron chi connectivity index (χ1n) is 8.13.